The molecule has 0 radical (unpaired) electrons. The Morgan fingerprint density at radius 1 is 0.653 bits per heavy atom. The van der Waals surface area contributed by atoms with Crippen LogP contribution in [0, 0.1) is 62.3 Å². The van der Waals surface area contributed by atoms with Gasteiger partial charge in [0.15, 0.2) is 0 Å². The summed E-state index contributed by atoms with van der Waals surface area (Å²) in [6.07, 6.45) is 13.2. The van der Waals surface area contributed by atoms with Crippen LogP contribution in [0.2, 0.25) is 0 Å². The first kappa shape index (κ1) is 35.2. The molecule has 0 aliphatic carbocycles. The van der Waals surface area contributed by atoms with Gasteiger partial charge in [-0.2, -0.15) is 0 Å². The van der Waals surface area contributed by atoms with E-state index in [4.69, 9.17) is 5.73 Å². The van der Waals surface area contributed by atoms with Crippen LogP contribution in [0.4, 0.5) is 0 Å². The highest BCUT2D eigenvalue weighted by atomic mass is 14.6. The van der Waals surface area contributed by atoms with E-state index in [2.05, 4.69) is 135 Å². The van der Waals surface area contributed by atoms with Gasteiger partial charge < -0.3 is 5.73 Å². The number of nitrogens with two attached hydrogens (primary N) is 1. The van der Waals surface area contributed by atoms with Crippen molar-refractivity contribution in [3.63, 3.8) is 0 Å². The average Bonchev–Trinajstić information content (AvgIpc) is 3.06. The molecular weight excluding hydrogens is 591 g/mol. The first-order chi connectivity index (χ1) is 23.4. The van der Waals surface area contributed by atoms with Crippen LogP contribution in [0.15, 0.2) is 105 Å². The van der Waals surface area contributed by atoms with Gasteiger partial charge in [0.2, 0.25) is 6.71 Å². The molecule has 0 aliphatic heterocycles. The zero-order chi connectivity index (χ0) is 35.6. The highest BCUT2D eigenvalue weighted by molar-refractivity contribution is 6.97. The number of rotatable bonds is 9. The Kier molecular flexibility index (Phi) is 10.4. The Bertz CT molecular complexity index is 2130. The molecule has 3 heteroatoms. The van der Waals surface area contributed by atoms with Gasteiger partial charge in [-0.3, -0.25) is 4.98 Å². The van der Waals surface area contributed by atoms with Gasteiger partial charge in [-0.05, 0) is 147 Å². The van der Waals surface area contributed by atoms with Crippen molar-refractivity contribution < 1.29 is 0 Å². The van der Waals surface area contributed by atoms with Crippen molar-refractivity contribution >= 4 is 34.8 Å². The van der Waals surface area contributed by atoms with Crippen LogP contribution < -0.4 is 22.1 Å². The fraction of sp³-hybridized carbons (Fsp3) is 0.196. The van der Waals surface area contributed by atoms with E-state index in [0.29, 0.717) is 0 Å². The van der Waals surface area contributed by atoms with E-state index in [9.17, 15) is 0 Å². The largest absolute Gasteiger partial charge is 0.405 e. The number of hydrogen-bond donors (Lipinski definition) is 1. The first-order valence-corrected chi connectivity index (χ1v) is 17.1. The van der Waals surface area contributed by atoms with Crippen LogP contribution in [0.25, 0.3) is 33.9 Å². The molecule has 0 amide bonds. The minimum Gasteiger partial charge on any atom is -0.405 e. The average molecular weight is 641 g/mol. The van der Waals surface area contributed by atoms with E-state index in [0.717, 1.165) is 16.7 Å². The Morgan fingerprint density at radius 2 is 1.18 bits per heavy atom. The van der Waals surface area contributed by atoms with Crippen LogP contribution in [-0.4, -0.2) is 11.7 Å². The summed E-state index contributed by atoms with van der Waals surface area (Å²) < 4.78 is 0. The predicted molar refractivity (Wildman–Crippen MR) is 217 cm³/mol. The number of pyridine rings is 1. The van der Waals surface area contributed by atoms with Gasteiger partial charge in [0.05, 0.1) is 0 Å². The summed E-state index contributed by atoms with van der Waals surface area (Å²) in [5, 5.41) is 0. The maximum Gasteiger partial charge on any atom is 0.243 e. The lowest BCUT2D eigenvalue weighted by atomic mass is 9.32. The second-order valence-electron chi connectivity index (χ2n) is 13.5. The van der Waals surface area contributed by atoms with Crippen LogP contribution in [0.5, 0.6) is 0 Å². The third kappa shape index (κ3) is 6.51. The third-order valence-corrected chi connectivity index (χ3v) is 10.2. The smallest absolute Gasteiger partial charge is 0.243 e. The van der Waals surface area contributed by atoms with Gasteiger partial charge in [0, 0.05) is 18.0 Å². The van der Waals surface area contributed by atoms with Crippen LogP contribution in [0.3, 0.4) is 0 Å². The standard InChI is InChI=1S/C46H49BN2/c1-12-37-18-20-39(21-19-37)42-29(4)25-32(7)45(35(42)10)47(44-31(6)24-28(3)41(34(44)9)38(13-2)16-14-22-48)46-33(8)26-30(5)43(36(46)11)40-17-15-23-49-27-40/h12-27H,1-2,48H2,3-11H3/b22-14-,38-16+. The van der Waals surface area contributed by atoms with Gasteiger partial charge in [-0.15, -0.1) is 0 Å². The third-order valence-electron chi connectivity index (χ3n) is 10.2. The molecule has 2 N–H and O–H groups in total. The molecule has 4 aromatic carbocycles. The summed E-state index contributed by atoms with van der Waals surface area (Å²) in [5.74, 6) is 0. The normalized spacial score (nSPS) is 11.7. The molecule has 0 atom stereocenters. The van der Waals surface area contributed by atoms with Crippen LogP contribution in [0.1, 0.15) is 61.2 Å². The first-order valence-electron chi connectivity index (χ1n) is 17.1. The minimum absolute atomic E-state index is 0.0294. The Hall–Kier alpha value is -5.15. The summed E-state index contributed by atoms with van der Waals surface area (Å²) >= 11 is 0. The maximum atomic E-state index is 5.80. The Morgan fingerprint density at radius 3 is 1.67 bits per heavy atom. The molecule has 49 heavy (non-hydrogen) atoms. The lowest BCUT2D eigenvalue weighted by Crippen LogP contribution is -2.58. The van der Waals surface area contributed by atoms with Crippen molar-refractivity contribution in [1.82, 2.24) is 4.98 Å². The molecule has 246 valence electrons. The summed E-state index contributed by atoms with van der Waals surface area (Å²) in [6, 6.07) is 20.1. The molecule has 2 nitrogen and oxygen atoms in total. The van der Waals surface area contributed by atoms with Crippen molar-refractivity contribution in [1.29, 1.82) is 0 Å². The Balaban J connectivity index is 1.97. The zero-order valence-electron chi connectivity index (χ0n) is 30.8. The van der Waals surface area contributed by atoms with Crippen LogP contribution >= 0.6 is 0 Å². The molecule has 0 aliphatic rings. The second kappa shape index (κ2) is 14.5. The quantitative estimate of drug-likeness (QED) is 0.129. The second-order valence-corrected chi connectivity index (χ2v) is 13.5. The summed E-state index contributed by atoms with van der Waals surface area (Å²) in [6.45, 7) is 28.6. The molecule has 0 unspecified atom stereocenters. The van der Waals surface area contributed by atoms with Crippen LogP contribution in [-0.2, 0) is 0 Å². The molecule has 0 bridgehead atoms. The number of aromatic nitrogens is 1. The van der Waals surface area contributed by atoms with Crippen molar-refractivity contribution in [2.45, 2.75) is 62.3 Å². The van der Waals surface area contributed by atoms with E-state index in [1.807, 2.05) is 36.7 Å². The minimum atomic E-state index is -0.0294. The molecule has 0 fully saturated rings. The van der Waals surface area contributed by atoms with Gasteiger partial charge in [-0.1, -0.05) is 113 Å². The summed E-state index contributed by atoms with van der Waals surface area (Å²) in [4.78, 5) is 4.52. The number of hydrogen-bond acceptors (Lipinski definition) is 2. The molecular formula is C46H49BN2. The van der Waals surface area contributed by atoms with Gasteiger partial charge in [0.25, 0.3) is 0 Å². The fourth-order valence-corrected chi connectivity index (χ4v) is 8.41. The lowest BCUT2D eigenvalue weighted by Gasteiger charge is -2.31. The molecule has 5 aromatic rings. The number of benzene rings is 4. The van der Waals surface area contributed by atoms with Gasteiger partial charge >= 0.3 is 0 Å². The molecule has 1 heterocycles. The van der Waals surface area contributed by atoms with E-state index in [1.54, 1.807) is 6.20 Å². The number of allylic oxidation sites excluding steroid dienone is 4. The molecule has 0 saturated carbocycles. The monoisotopic (exact) mass is 640 g/mol. The zero-order valence-corrected chi connectivity index (χ0v) is 30.8. The van der Waals surface area contributed by atoms with Crippen molar-refractivity contribution in [3.05, 3.63) is 166 Å². The molecule has 5 rings (SSSR count). The number of aryl methyl sites for hydroxylation is 6. The van der Waals surface area contributed by atoms with Gasteiger partial charge in [0.1, 0.15) is 0 Å². The highest BCUT2D eigenvalue weighted by Gasteiger charge is 2.34. The maximum absolute atomic E-state index is 5.80. The van der Waals surface area contributed by atoms with Gasteiger partial charge in [-0.25, -0.2) is 0 Å². The van der Waals surface area contributed by atoms with E-state index < -0.39 is 0 Å². The molecule has 0 spiro atoms. The van der Waals surface area contributed by atoms with Crippen molar-refractivity contribution in [3.8, 4) is 22.3 Å². The van der Waals surface area contributed by atoms with Crippen molar-refractivity contribution in [2.75, 3.05) is 0 Å². The fourth-order valence-electron chi connectivity index (χ4n) is 8.41. The summed E-state index contributed by atoms with van der Waals surface area (Å²) in [5.41, 5.74) is 29.6. The van der Waals surface area contributed by atoms with E-state index in [-0.39, 0.29) is 6.71 Å². The predicted octanol–water partition coefficient (Wildman–Crippen LogP) is 9.39. The topological polar surface area (TPSA) is 38.9 Å². The van der Waals surface area contributed by atoms with E-state index >= 15 is 0 Å². The van der Waals surface area contributed by atoms with Crippen molar-refractivity contribution in [2.24, 2.45) is 5.73 Å². The summed E-state index contributed by atoms with van der Waals surface area (Å²) in [7, 11) is 0. The number of nitrogens with zero attached hydrogens (tertiary/aromatic N) is 1. The van der Waals surface area contributed by atoms with E-state index in [1.165, 1.54) is 88.7 Å². The molecule has 0 saturated heterocycles. The molecule has 1 aromatic heterocycles. The SMILES string of the molecule is C=C/C(=C\C=C/N)c1c(C)cc(C)c(B(c2c(C)cc(C)c(-c3ccc(C=C)cc3)c2C)c2c(C)cc(C)c(-c3cccnc3)c2C)c1C. The highest BCUT2D eigenvalue weighted by Crippen LogP contribution is 2.32. The Labute approximate surface area is 294 Å². The lowest BCUT2D eigenvalue weighted by molar-refractivity contribution is 1.29.